The van der Waals surface area contributed by atoms with Gasteiger partial charge in [-0.2, -0.15) is 0 Å². The molecule has 0 saturated carbocycles. The van der Waals surface area contributed by atoms with E-state index in [9.17, 15) is 0 Å². The van der Waals surface area contributed by atoms with Gasteiger partial charge >= 0.3 is 0 Å². The minimum Gasteiger partial charge on any atom is -0.0619 e. The van der Waals surface area contributed by atoms with Gasteiger partial charge in [0.2, 0.25) is 0 Å². The monoisotopic (exact) mass is 698 g/mol. The average Bonchev–Trinajstić information content (AvgIpc) is 3.48. The molecule has 0 heterocycles. The minimum atomic E-state index is -0.0968. The zero-order valence-corrected chi connectivity index (χ0v) is 31.0. The molecule has 0 N–H and O–H groups in total. The Morgan fingerprint density at radius 2 is 0.782 bits per heavy atom. The summed E-state index contributed by atoms with van der Waals surface area (Å²) in [6.45, 7) is 4.76. The lowest BCUT2D eigenvalue weighted by Gasteiger charge is -2.23. The highest BCUT2D eigenvalue weighted by atomic mass is 14.4. The van der Waals surface area contributed by atoms with Crippen molar-refractivity contribution in [3.05, 3.63) is 205 Å². The fourth-order valence-corrected chi connectivity index (χ4v) is 9.68. The third-order valence-electron chi connectivity index (χ3n) is 12.3. The zero-order chi connectivity index (χ0) is 36.7. The fraction of sp³-hybridized carbons (Fsp3) is 0.0545. The molecule has 0 heteroatoms. The van der Waals surface area contributed by atoms with Crippen LogP contribution in [0.5, 0.6) is 0 Å². The summed E-state index contributed by atoms with van der Waals surface area (Å²) < 4.78 is 0. The van der Waals surface area contributed by atoms with Gasteiger partial charge in [-0.3, -0.25) is 0 Å². The maximum Gasteiger partial charge on any atom is 0.0159 e. The molecule has 0 nitrogen and oxygen atoms in total. The summed E-state index contributed by atoms with van der Waals surface area (Å²) in [4.78, 5) is 0. The number of hydrogen-bond acceptors (Lipinski definition) is 0. The van der Waals surface area contributed by atoms with Crippen LogP contribution in [0.4, 0.5) is 0 Å². The molecule has 0 atom stereocenters. The highest BCUT2D eigenvalue weighted by Gasteiger charge is 2.37. The van der Waals surface area contributed by atoms with E-state index in [1.807, 2.05) is 0 Å². The number of hydrogen-bond donors (Lipinski definition) is 0. The first kappa shape index (κ1) is 31.7. The molecule has 0 fully saturated rings. The van der Waals surface area contributed by atoms with E-state index in [4.69, 9.17) is 0 Å². The molecule has 1 aliphatic carbocycles. The number of fused-ring (bicyclic) bond motifs is 7. The van der Waals surface area contributed by atoms with E-state index < -0.39 is 0 Å². The molecule has 0 aliphatic heterocycles. The van der Waals surface area contributed by atoms with E-state index in [-0.39, 0.29) is 5.41 Å². The average molecular weight is 699 g/mol. The smallest absolute Gasteiger partial charge is 0.0159 e. The molecule has 0 saturated heterocycles. The van der Waals surface area contributed by atoms with Crippen LogP contribution in [0.2, 0.25) is 0 Å². The molecule has 1 aliphatic rings. The van der Waals surface area contributed by atoms with Crippen LogP contribution in [0.1, 0.15) is 25.0 Å². The van der Waals surface area contributed by atoms with Crippen molar-refractivity contribution in [1.82, 2.24) is 0 Å². The van der Waals surface area contributed by atoms with Crippen molar-refractivity contribution in [2.24, 2.45) is 0 Å². The molecule has 0 bridgehead atoms. The van der Waals surface area contributed by atoms with E-state index in [1.165, 1.54) is 110 Å². The van der Waals surface area contributed by atoms with Crippen molar-refractivity contribution in [3.63, 3.8) is 0 Å². The van der Waals surface area contributed by atoms with Gasteiger partial charge in [-0.25, -0.2) is 0 Å². The Kier molecular flexibility index (Phi) is 7.00. The first-order valence-electron chi connectivity index (χ1n) is 19.4. The van der Waals surface area contributed by atoms with Gasteiger partial charge in [0.15, 0.2) is 0 Å². The Morgan fingerprint density at radius 1 is 0.273 bits per heavy atom. The van der Waals surface area contributed by atoms with Gasteiger partial charge < -0.3 is 0 Å². The SMILES string of the molecule is CC1(C)c2ccccc2-c2c(-c3c4ccccc4c(-c4ccccc4-c4ccc5ccccc5c4)c4ccc(-c5cccc6ccccc56)cc34)cccc21. The summed E-state index contributed by atoms with van der Waals surface area (Å²) in [7, 11) is 0. The summed E-state index contributed by atoms with van der Waals surface area (Å²) in [6.07, 6.45) is 0. The molecule has 55 heavy (non-hydrogen) atoms. The molecule has 10 aromatic carbocycles. The quantitative estimate of drug-likeness (QED) is 0.161. The summed E-state index contributed by atoms with van der Waals surface area (Å²) in [6, 6.07) is 72.3. The molecular weight excluding hydrogens is 661 g/mol. The number of rotatable bonds is 4. The summed E-state index contributed by atoms with van der Waals surface area (Å²) in [5.74, 6) is 0. The van der Waals surface area contributed by atoms with Gasteiger partial charge in [0.1, 0.15) is 0 Å². The van der Waals surface area contributed by atoms with Crippen molar-refractivity contribution in [1.29, 1.82) is 0 Å². The van der Waals surface area contributed by atoms with E-state index in [0.29, 0.717) is 0 Å². The van der Waals surface area contributed by atoms with Gasteiger partial charge in [-0.15, -0.1) is 0 Å². The van der Waals surface area contributed by atoms with Gasteiger partial charge in [0.05, 0.1) is 0 Å². The topological polar surface area (TPSA) is 0 Å². The maximum absolute atomic E-state index is 2.48. The van der Waals surface area contributed by atoms with E-state index in [0.717, 1.165) is 0 Å². The van der Waals surface area contributed by atoms with Crippen molar-refractivity contribution in [2.45, 2.75) is 19.3 Å². The van der Waals surface area contributed by atoms with E-state index in [1.54, 1.807) is 0 Å². The Balaban J connectivity index is 1.28. The highest BCUT2D eigenvalue weighted by Crippen LogP contribution is 2.55. The van der Waals surface area contributed by atoms with Crippen LogP contribution in [0, 0.1) is 0 Å². The second kappa shape index (κ2) is 12.1. The predicted molar refractivity (Wildman–Crippen MR) is 236 cm³/mol. The van der Waals surface area contributed by atoms with Crippen LogP contribution in [0.25, 0.3) is 98.7 Å². The van der Waals surface area contributed by atoms with Crippen LogP contribution in [0.3, 0.4) is 0 Å². The Morgan fingerprint density at radius 3 is 1.60 bits per heavy atom. The molecule has 11 rings (SSSR count). The molecular formula is C55H38. The molecule has 0 radical (unpaired) electrons. The highest BCUT2D eigenvalue weighted by molar-refractivity contribution is 6.24. The molecule has 0 amide bonds. The predicted octanol–water partition coefficient (Wildman–Crippen LogP) is 15.3. The van der Waals surface area contributed by atoms with E-state index in [2.05, 4.69) is 208 Å². The van der Waals surface area contributed by atoms with Crippen LogP contribution in [-0.4, -0.2) is 0 Å². The second-order valence-corrected chi connectivity index (χ2v) is 15.6. The Hall–Kier alpha value is -6.76. The first-order valence-corrected chi connectivity index (χ1v) is 19.4. The van der Waals surface area contributed by atoms with Gasteiger partial charge in [0, 0.05) is 5.41 Å². The van der Waals surface area contributed by atoms with Crippen molar-refractivity contribution < 1.29 is 0 Å². The van der Waals surface area contributed by atoms with Crippen molar-refractivity contribution in [2.75, 3.05) is 0 Å². The van der Waals surface area contributed by atoms with Crippen LogP contribution >= 0.6 is 0 Å². The minimum absolute atomic E-state index is 0.0968. The van der Waals surface area contributed by atoms with Gasteiger partial charge in [-0.05, 0) is 122 Å². The summed E-state index contributed by atoms with van der Waals surface area (Å²) >= 11 is 0. The summed E-state index contributed by atoms with van der Waals surface area (Å²) in [5, 5.41) is 10.1. The molecule has 0 spiro atoms. The molecule has 10 aromatic rings. The van der Waals surface area contributed by atoms with Crippen LogP contribution < -0.4 is 0 Å². The molecule has 258 valence electrons. The molecule has 0 aromatic heterocycles. The fourth-order valence-electron chi connectivity index (χ4n) is 9.68. The second-order valence-electron chi connectivity index (χ2n) is 15.6. The van der Waals surface area contributed by atoms with Crippen molar-refractivity contribution >= 4 is 43.1 Å². The van der Waals surface area contributed by atoms with Crippen molar-refractivity contribution in [3.8, 4) is 55.6 Å². The first-order chi connectivity index (χ1) is 27.1. The lowest BCUT2D eigenvalue weighted by atomic mass is 9.80. The lowest BCUT2D eigenvalue weighted by Crippen LogP contribution is -2.14. The third-order valence-corrected chi connectivity index (χ3v) is 12.3. The van der Waals surface area contributed by atoms with Crippen LogP contribution in [-0.2, 0) is 5.41 Å². The van der Waals surface area contributed by atoms with Gasteiger partial charge in [-0.1, -0.05) is 196 Å². The lowest BCUT2D eigenvalue weighted by molar-refractivity contribution is 0.660. The van der Waals surface area contributed by atoms with E-state index >= 15 is 0 Å². The normalized spacial score (nSPS) is 13.1. The zero-order valence-electron chi connectivity index (χ0n) is 31.0. The number of benzene rings is 10. The maximum atomic E-state index is 2.48. The largest absolute Gasteiger partial charge is 0.0619 e. The van der Waals surface area contributed by atoms with Crippen LogP contribution in [0.15, 0.2) is 194 Å². The van der Waals surface area contributed by atoms with Gasteiger partial charge in [0.25, 0.3) is 0 Å². The Labute approximate surface area is 322 Å². The standard InChI is InChI=1S/C55H38/c1-55(2)50-27-12-11-24-47(50)54-48(26-14-28-51(54)55)53-45-23-10-9-22-44(45)52(43-21-8-7-20-42(43)38-30-29-35-15-3-4-17-37(35)33-38)46-32-31-39(34-49(46)53)41-25-13-18-36-16-5-6-19-40(36)41/h3-34H,1-2H3. The Bertz CT molecular complexity index is 3170. The third kappa shape index (κ3) is 4.78. The molecule has 0 unspecified atom stereocenters. The summed E-state index contributed by atoms with van der Waals surface area (Å²) in [5.41, 5.74) is 15.4.